The number of allylic oxidation sites excluding steroid dienone is 1. The fraction of sp³-hybridized carbons (Fsp3) is 0.304. The lowest BCUT2D eigenvalue weighted by atomic mass is 9.99. The van der Waals surface area contributed by atoms with Crippen molar-refractivity contribution in [3.8, 4) is 22.6 Å². The first-order chi connectivity index (χ1) is 14.4. The van der Waals surface area contributed by atoms with E-state index in [1.54, 1.807) is 14.2 Å². The third kappa shape index (κ3) is 8.19. The molecule has 0 spiro atoms. The molecule has 2 aromatic rings. The summed E-state index contributed by atoms with van der Waals surface area (Å²) in [4.78, 5) is 0. The monoisotopic (exact) mass is 602 g/mol. The summed E-state index contributed by atoms with van der Waals surface area (Å²) in [5.41, 5.74) is 3.96. The molecule has 162 valence electrons. The van der Waals surface area contributed by atoms with Crippen LogP contribution in [0.2, 0.25) is 0 Å². The molecule has 0 bridgehead atoms. The SMILES string of the molecule is COCCOc1cc(C=C(C)Br)ccc1-c1ccc(C=C(Br)Br)cc1OCCOC. The van der Waals surface area contributed by atoms with E-state index in [1.807, 2.05) is 43.3 Å². The van der Waals surface area contributed by atoms with E-state index in [2.05, 4.69) is 59.9 Å². The summed E-state index contributed by atoms with van der Waals surface area (Å²) in [6.45, 7) is 3.93. The highest BCUT2D eigenvalue weighted by atomic mass is 79.9. The van der Waals surface area contributed by atoms with Crippen LogP contribution >= 0.6 is 47.8 Å². The number of ether oxygens (including phenoxy) is 4. The van der Waals surface area contributed by atoms with Crippen molar-refractivity contribution in [3.63, 3.8) is 0 Å². The maximum Gasteiger partial charge on any atom is 0.127 e. The minimum Gasteiger partial charge on any atom is -0.491 e. The number of hydrogen-bond donors (Lipinski definition) is 0. The minimum absolute atomic E-state index is 0.454. The Morgan fingerprint density at radius 1 is 0.733 bits per heavy atom. The smallest absolute Gasteiger partial charge is 0.127 e. The molecular weight excluding hydrogens is 580 g/mol. The molecule has 0 aliphatic heterocycles. The summed E-state index contributed by atoms with van der Waals surface area (Å²) in [5.74, 6) is 1.54. The summed E-state index contributed by atoms with van der Waals surface area (Å²) in [6, 6.07) is 12.2. The van der Waals surface area contributed by atoms with Crippen LogP contribution in [0.25, 0.3) is 23.3 Å². The summed E-state index contributed by atoms with van der Waals surface area (Å²) in [6.07, 6.45) is 4.01. The van der Waals surface area contributed by atoms with Crippen LogP contribution in [0.1, 0.15) is 18.1 Å². The molecule has 0 N–H and O–H groups in total. The fourth-order valence-corrected chi connectivity index (χ4v) is 3.56. The molecule has 2 rings (SSSR count). The molecule has 2 aromatic carbocycles. The Balaban J connectivity index is 2.52. The van der Waals surface area contributed by atoms with E-state index in [1.165, 1.54) is 0 Å². The average Bonchev–Trinajstić information content (AvgIpc) is 2.68. The molecular formula is C23H25Br3O4. The Hall–Kier alpha value is -1.12. The number of benzene rings is 2. The normalized spacial score (nSPS) is 11.3. The van der Waals surface area contributed by atoms with E-state index in [0.29, 0.717) is 26.4 Å². The number of methoxy groups -OCH3 is 2. The standard InChI is InChI=1S/C23H25Br3O4/c1-16(24)12-17-4-6-19(21(13-17)29-10-8-27-2)20-7-5-18(15-23(25)26)14-22(20)30-11-9-28-3/h4-7,12-15H,8-11H2,1-3H3. The highest BCUT2D eigenvalue weighted by Crippen LogP contribution is 2.39. The molecule has 0 saturated heterocycles. The van der Waals surface area contributed by atoms with Crippen LogP contribution in [0, 0.1) is 0 Å². The van der Waals surface area contributed by atoms with Crippen molar-refractivity contribution in [2.45, 2.75) is 6.92 Å². The van der Waals surface area contributed by atoms with Gasteiger partial charge in [0, 0.05) is 25.3 Å². The second-order valence-electron chi connectivity index (χ2n) is 6.36. The number of rotatable bonds is 11. The second-order valence-corrected chi connectivity index (χ2v) is 10.4. The van der Waals surface area contributed by atoms with Crippen LogP contribution in [0.15, 0.2) is 44.3 Å². The molecule has 0 radical (unpaired) electrons. The van der Waals surface area contributed by atoms with Gasteiger partial charge in [0.15, 0.2) is 0 Å². The van der Waals surface area contributed by atoms with Crippen LogP contribution in [0.4, 0.5) is 0 Å². The minimum atomic E-state index is 0.454. The van der Waals surface area contributed by atoms with E-state index in [9.17, 15) is 0 Å². The van der Waals surface area contributed by atoms with Crippen LogP contribution in [-0.4, -0.2) is 40.6 Å². The Morgan fingerprint density at radius 3 is 1.60 bits per heavy atom. The lowest BCUT2D eigenvalue weighted by molar-refractivity contribution is 0.145. The van der Waals surface area contributed by atoms with Crippen LogP contribution in [-0.2, 0) is 9.47 Å². The predicted molar refractivity (Wildman–Crippen MR) is 135 cm³/mol. The zero-order chi connectivity index (χ0) is 21.9. The summed E-state index contributed by atoms with van der Waals surface area (Å²) >= 11 is 10.3. The summed E-state index contributed by atoms with van der Waals surface area (Å²) in [7, 11) is 3.32. The molecule has 0 heterocycles. The van der Waals surface area contributed by atoms with E-state index in [-0.39, 0.29) is 0 Å². The highest BCUT2D eigenvalue weighted by molar-refractivity contribution is 9.28. The maximum atomic E-state index is 6.05. The zero-order valence-corrected chi connectivity index (χ0v) is 22.0. The fourth-order valence-electron chi connectivity index (χ4n) is 2.77. The third-order valence-corrected chi connectivity index (χ3v) is 4.72. The summed E-state index contributed by atoms with van der Waals surface area (Å²) < 4.78 is 24.3. The maximum absolute atomic E-state index is 6.05. The van der Waals surface area contributed by atoms with Gasteiger partial charge in [-0.2, -0.15) is 0 Å². The van der Waals surface area contributed by atoms with E-state index in [0.717, 1.165) is 41.6 Å². The second kappa shape index (κ2) is 13.3. The lowest BCUT2D eigenvalue weighted by Gasteiger charge is -2.17. The van der Waals surface area contributed by atoms with Crippen LogP contribution < -0.4 is 9.47 Å². The third-order valence-electron chi connectivity index (χ3n) is 4.03. The van der Waals surface area contributed by atoms with Gasteiger partial charge in [-0.15, -0.1) is 0 Å². The van der Waals surface area contributed by atoms with Crippen LogP contribution in [0.5, 0.6) is 11.5 Å². The lowest BCUT2D eigenvalue weighted by Crippen LogP contribution is -2.07. The van der Waals surface area contributed by atoms with Crippen molar-refractivity contribution < 1.29 is 18.9 Å². The molecule has 0 fully saturated rings. The van der Waals surface area contributed by atoms with Gasteiger partial charge in [0.25, 0.3) is 0 Å². The van der Waals surface area contributed by atoms with Gasteiger partial charge in [-0.25, -0.2) is 0 Å². The number of hydrogen-bond acceptors (Lipinski definition) is 4. The zero-order valence-electron chi connectivity index (χ0n) is 17.2. The Bertz CT molecular complexity index is 813. The molecule has 0 amide bonds. The van der Waals surface area contributed by atoms with Gasteiger partial charge >= 0.3 is 0 Å². The quantitative estimate of drug-likeness (QED) is 0.253. The van der Waals surface area contributed by atoms with E-state index >= 15 is 0 Å². The van der Waals surface area contributed by atoms with Gasteiger partial charge in [0.1, 0.15) is 24.7 Å². The molecule has 0 saturated carbocycles. The average molecular weight is 605 g/mol. The van der Waals surface area contributed by atoms with Crippen molar-refractivity contribution in [2.24, 2.45) is 0 Å². The Kier molecular flexibility index (Phi) is 11.2. The van der Waals surface area contributed by atoms with Crippen molar-refractivity contribution in [1.29, 1.82) is 0 Å². The topological polar surface area (TPSA) is 36.9 Å². The first-order valence-electron chi connectivity index (χ1n) is 9.33. The van der Waals surface area contributed by atoms with Gasteiger partial charge in [-0.3, -0.25) is 0 Å². The van der Waals surface area contributed by atoms with E-state index in [4.69, 9.17) is 18.9 Å². The molecule has 30 heavy (non-hydrogen) atoms. The molecule has 0 aromatic heterocycles. The molecule has 4 nitrogen and oxygen atoms in total. The first-order valence-corrected chi connectivity index (χ1v) is 11.7. The van der Waals surface area contributed by atoms with Gasteiger partial charge < -0.3 is 18.9 Å². The van der Waals surface area contributed by atoms with Crippen LogP contribution in [0.3, 0.4) is 0 Å². The van der Waals surface area contributed by atoms with Crippen molar-refractivity contribution in [2.75, 3.05) is 40.6 Å². The summed E-state index contributed by atoms with van der Waals surface area (Å²) in [5, 5.41) is 0. The number of halogens is 3. The van der Waals surface area contributed by atoms with Gasteiger partial charge in [-0.05, 0) is 90.8 Å². The van der Waals surface area contributed by atoms with Crippen molar-refractivity contribution in [3.05, 3.63) is 55.4 Å². The van der Waals surface area contributed by atoms with Crippen molar-refractivity contribution in [1.82, 2.24) is 0 Å². The first kappa shape index (κ1) is 25.1. The van der Waals surface area contributed by atoms with Gasteiger partial charge in [0.05, 0.1) is 16.6 Å². The van der Waals surface area contributed by atoms with Crippen molar-refractivity contribution >= 4 is 59.9 Å². The van der Waals surface area contributed by atoms with Gasteiger partial charge in [0.2, 0.25) is 0 Å². The van der Waals surface area contributed by atoms with Gasteiger partial charge in [-0.1, -0.05) is 28.1 Å². The largest absolute Gasteiger partial charge is 0.491 e. The highest BCUT2D eigenvalue weighted by Gasteiger charge is 2.14. The molecule has 0 aliphatic rings. The Morgan fingerprint density at radius 2 is 1.20 bits per heavy atom. The molecule has 7 heteroatoms. The molecule has 0 aliphatic carbocycles. The molecule has 0 atom stereocenters. The van der Waals surface area contributed by atoms with E-state index < -0.39 is 0 Å². The molecule has 0 unspecified atom stereocenters. The predicted octanol–water partition coefficient (Wildman–Crippen LogP) is 7.25. The Labute approximate surface area is 203 Å².